The molecule has 24 heavy (non-hydrogen) atoms. The number of rotatable bonds is 5. The van der Waals surface area contributed by atoms with Crippen molar-refractivity contribution in [3.05, 3.63) is 64.7 Å². The van der Waals surface area contributed by atoms with Crippen LogP contribution in [0.15, 0.2) is 48.5 Å². The summed E-state index contributed by atoms with van der Waals surface area (Å²) < 4.78 is 10.7. The van der Waals surface area contributed by atoms with E-state index in [0.717, 1.165) is 0 Å². The van der Waals surface area contributed by atoms with Crippen LogP contribution in [0.5, 0.6) is 5.75 Å². The lowest BCUT2D eigenvalue weighted by atomic mass is 9.94. The third-order valence-corrected chi connectivity index (χ3v) is 4.60. The number of methoxy groups -OCH3 is 1. The smallest absolute Gasteiger partial charge is 0.323 e. The van der Waals surface area contributed by atoms with E-state index in [0.29, 0.717) is 36.9 Å². The molecule has 0 aliphatic carbocycles. The van der Waals surface area contributed by atoms with Gasteiger partial charge in [-0.05, 0) is 29.7 Å². The molecule has 1 heterocycles. The standard InChI is InChI=1S/C19H20ClNO3/c1-23-19(22)17-12-14-6-2-3-7-15(14)13-21(17)10-11-24-18-9-5-4-8-16(18)20/h2-9,17H,10-13H2,1H3. The summed E-state index contributed by atoms with van der Waals surface area (Å²) in [6.07, 6.45) is 0.662. The van der Waals surface area contributed by atoms with Gasteiger partial charge in [0.05, 0.1) is 12.1 Å². The number of carbonyl (C=O) groups excluding carboxylic acids is 1. The third-order valence-electron chi connectivity index (χ3n) is 4.29. The van der Waals surface area contributed by atoms with Crippen LogP contribution in [0.25, 0.3) is 0 Å². The molecule has 0 spiro atoms. The normalized spacial score (nSPS) is 17.2. The fourth-order valence-electron chi connectivity index (χ4n) is 3.02. The summed E-state index contributed by atoms with van der Waals surface area (Å²) in [5.74, 6) is 0.452. The number of hydrogen-bond donors (Lipinski definition) is 0. The molecule has 1 unspecified atom stereocenters. The first-order valence-corrected chi connectivity index (χ1v) is 8.33. The van der Waals surface area contributed by atoms with E-state index in [9.17, 15) is 4.79 Å². The maximum atomic E-state index is 12.1. The number of halogens is 1. The lowest BCUT2D eigenvalue weighted by Crippen LogP contribution is -2.47. The SMILES string of the molecule is COC(=O)C1Cc2ccccc2CN1CCOc1ccccc1Cl. The molecule has 4 nitrogen and oxygen atoms in total. The van der Waals surface area contributed by atoms with Gasteiger partial charge < -0.3 is 9.47 Å². The van der Waals surface area contributed by atoms with Gasteiger partial charge in [0.15, 0.2) is 0 Å². The maximum absolute atomic E-state index is 12.1. The Morgan fingerprint density at radius 2 is 1.88 bits per heavy atom. The molecule has 5 heteroatoms. The number of ether oxygens (including phenoxy) is 2. The number of carbonyl (C=O) groups is 1. The Hall–Kier alpha value is -2.04. The molecule has 0 bridgehead atoms. The fraction of sp³-hybridized carbons (Fsp3) is 0.316. The van der Waals surface area contributed by atoms with E-state index < -0.39 is 0 Å². The molecule has 0 N–H and O–H groups in total. The minimum atomic E-state index is -0.278. The Kier molecular flexibility index (Phi) is 5.38. The van der Waals surface area contributed by atoms with Crippen molar-refractivity contribution in [3.8, 4) is 5.75 Å². The molecule has 0 saturated carbocycles. The Morgan fingerprint density at radius 3 is 2.62 bits per heavy atom. The van der Waals surface area contributed by atoms with Crippen molar-refractivity contribution < 1.29 is 14.3 Å². The highest BCUT2D eigenvalue weighted by molar-refractivity contribution is 6.32. The van der Waals surface area contributed by atoms with Gasteiger partial charge in [0.2, 0.25) is 0 Å². The van der Waals surface area contributed by atoms with Crippen molar-refractivity contribution in [1.82, 2.24) is 4.90 Å². The van der Waals surface area contributed by atoms with Crippen molar-refractivity contribution >= 4 is 17.6 Å². The number of esters is 1. The van der Waals surface area contributed by atoms with E-state index in [1.54, 1.807) is 6.07 Å². The van der Waals surface area contributed by atoms with Crippen molar-refractivity contribution in [2.75, 3.05) is 20.3 Å². The van der Waals surface area contributed by atoms with E-state index in [-0.39, 0.29) is 12.0 Å². The fourth-order valence-corrected chi connectivity index (χ4v) is 3.21. The lowest BCUT2D eigenvalue weighted by molar-refractivity contribution is -0.147. The minimum Gasteiger partial charge on any atom is -0.491 e. The van der Waals surface area contributed by atoms with E-state index in [2.05, 4.69) is 17.0 Å². The number of benzene rings is 2. The average Bonchev–Trinajstić information content (AvgIpc) is 2.62. The van der Waals surface area contributed by atoms with Gasteiger partial charge in [0.1, 0.15) is 18.4 Å². The molecule has 2 aromatic rings. The molecular formula is C19H20ClNO3. The van der Waals surface area contributed by atoms with Gasteiger partial charge in [-0.25, -0.2) is 0 Å². The number of para-hydroxylation sites is 1. The predicted molar refractivity (Wildman–Crippen MR) is 93.3 cm³/mol. The molecule has 1 aliphatic rings. The van der Waals surface area contributed by atoms with Crippen LogP contribution < -0.4 is 4.74 Å². The highest BCUT2D eigenvalue weighted by Crippen LogP contribution is 2.25. The minimum absolute atomic E-state index is 0.206. The van der Waals surface area contributed by atoms with Crippen LogP contribution >= 0.6 is 11.6 Å². The largest absolute Gasteiger partial charge is 0.491 e. The molecule has 0 fully saturated rings. The highest BCUT2D eigenvalue weighted by atomic mass is 35.5. The van der Waals surface area contributed by atoms with Crippen molar-refractivity contribution in [3.63, 3.8) is 0 Å². The lowest BCUT2D eigenvalue weighted by Gasteiger charge is -2.35. The zero-order valence-corrected chi connectivity index (χ0v) is 14.3. The Labute approximate surface area is 146 Å². The average molecular weight is 346 g/mol. The summed E-state index contributed by atoms with van der Waals surface area (Å²) in [7, 11) is 1.43. The molecule has 3 rings (SSSR count). The Balaban J connectivity index is 1.68. The zero-order chi connectivity index (χ0) is 16.9. The quantitative estimate of drug-likeness (QED) is 0.779. The van der Waals surface area contributed by atoms with Gasteiger partial charge in [0.25, 0.3) is 0 Å². The summed E-state index contributed by atoms with van der Waals surface area (Å²) in [4.78, 5) is 14.3. The van der Waals surface area contributed by atoms with Crippen LogP contribution in [0.1, 0.15) is 11.1 Å². The summed E-state index contributed by atoms with van der Waals surface area (Å²) in [5, 5.41) is 0.589. The third kappa shape index (κ3) is 3.71. The maximum Gasteiger partial charge on any atom is 0.323 e. The van der Waals surface area contributed by atoms with Crippen LogP contribution in [0.4, 0.5) is 0 Å². The topological polar surface area (TPSA) is 38.8 Å². The van der Waals surface area contributed by atoms with Gasteiger partial charge in [-0.2, -0.15) is 0 Å². The molecule has 0 amide bonds. The second-order valence-corrected chi connectivity index (χ2v) is 6.17. The van der Waals surface area contributed by atoms with Crippen molar-refractivity contribution in [1.29, 1.82) is 0 Å². The first kappa shape index (κ1) is 16.8. The first-order valence-electron chi connectivity index (χ1n) is 7.95. The Bertz CT molecular complexity index is 719. The highest BCUT2D eigenvalue weighted by Gasteiger charge is 2.31. The van der Waals surface area contributed by atoms with Crippen molar-refractivity contribution in [2.24, 2.45) is 0 Å². The van der Waals surface area contributed by atoms with Crippen molar-refractivity contribution in [2.45, 2.75) is 19.0 Å². The zero-order valence-electron chi connectivity index (χ0n) is 13.6. The predicted octanol–water partition coefficient (Wildman–Crippen LogP) is 3.32. The monoisotopic (exact) mass is 345 g/mol. The Morgan fingerprint density at radius 1 is 1.17 bits per heavy atom. The molecule has 0 aromatic heterocycles. The van der Waals surface area contributed by atoms with Crippen LogP contribution in [-0.4, -0.2) is 37.2 Å². The molecule has 2 aromatic carbocycles. The number of fused-ring (bicyclic) bond motifs is 1. The van der Waals surface area contributed by atoms with Gasteiger partial charge in [-0.3, -0.25) is 9.69 Å². The van der Waals surface area contributed by atoms with Crippen LogP contribution in [0, 0.1) is 0 Å². The second kappa shape index (κ2) is 7.69. The molecule has 126 valence electrons. The van der Waals surface area contributed by atoms with Gasteiger partial charge in [0, 0.05) is 13.1 Å². The van der Waals surface area contributed by atoms with Crippen LogP contribution in [0.3, 0.4) is 0 Å². The van der Waals surface area contributed by atoms with E-state index in [1.165, 1.54) is 18.2 Å². The van der Waals surface area contributed by atoms with E-state index in [4.69, 9.17) is 21.1 Å². The summed E-state index contributed by atoms with van der Waals surface area (Å²) in [6, 6.07) is 15.3. The molecule has 1 aliphatic heterocycles. The van der Waals surface area contributed by atoms with Gasteiger partial charge in [-0.1, -0.05) is 48.0 Å². The first-order chi connectivity index (χ1) is 11.7. The van der Waals surface area contributed by atoms with Crippen LogP contribution in [-0.2, 0) is 22.5 Å². The second-order valence-electron chi connectivity index (χ2n) is 5.76. The molecule has 1 atom stereocenters. The number of hydrogen-bond acceptors (Lipinski definition) is 4. The van der Waals surface area contributed by atoms with Gasteiger partial charge >= 0.3 is 5.97 Å². The number of nitrogens with zero attached hydrogens (tertiary/aromatic N) is 1. The van der Waals surface area contributed by atoms with E-state index in [1.807, 2.05) is 30.3 Å². The van der Waals surface area contributed by atoms with Gasteiger partial charge in [-0.15, -0.1) is 0 Å². The molecular weight excluding hydrogens is 326 g/mol. The summed E-state index contributed by atoms with van der Waals surface area (Å²) >= 11 is 6.10. The van der Waals surface area contributed by atoms with E-state index >= 15 is 0 Å². The molecule has 0 saturated heterocycles. The van der Waals surface area contributed by atoms with Crippen LogP contribution in [0.2, 0.25) is 5.02 Å². The summed E-state index contributed by atoms with van der Waals surface area (Å²) in [6.45, 7) is 1.79. The summed E-state index contributed by atoms with van der Waals surface area (Å²) in [5.41, 5.74) is 2.45. The molecule has 0 radical (unpaired) electrons.